The highest BCUT2D eigenvalue weighted by molar-refractivity contribution is 7.17. The van der Waals surface area contributed by atoms with E-state index in [0.717, 1.165) is 0 Å². The van der Waals surface area contributed by atoms with Crippen LogP contribution in [0.4, 0.5) is 0 Å². The molecular weight excluding hydrogens is 573 g/mol. The van der Waals surface area contributed by atoms with Crippen molar-refractivity contribution < 1.29 is 0 Å². The molecule has 4 heterocycles. The summed E-state index contributed by atoms with van der Waals surface area (Å²) in [5.74, 6) is 6.01. The molecule has 4 heteroatoms. The van der Waals surface area contributed by atoms with Gasteiger partial charge in [-0.25, -0.2) is 0 Å². The van der Waals surface area contributed by atoms with Crippen molar-refractivity contribution in [2.24, 2.45) is 0 Å². The zero-order valence-electron chi connectivity index (χ0n) is 23.8. The lowest BCUT2D eigenvalue weighted by molar-refractivity contribution is 0.692. The molecule has 0 saturated carbocycles. The molecule has 0 amide bonds. The van der Waals surface area contributed by atoms with Crippen LogP contribution >= 0.6 is 22.7 Å². The molecule has 0 radical (unpaired) electrons. The topological polar surface area (TPSA) is 9.86 Å². The Kier molecular flexibility index (Phi) is 5.66. The van der Waals surface area contributed by atoms with Gasteiger partial charge in [0.05, 0.1) is 24.9 Å². The average Bonchev–Trinajstić information content (AvgIpc) is 3.83. The summed E-state index contributed by atoms with van der Waals surface area (Å²) in [6, 6.07) is 35.2. The van der Waals surface area contributed by atoms with Gasteiger partial charge in [0.2, 0.25) is 0 Å². The van der Waals surface area contributed by atoms with Crippen molar-refractivity contribution in [1.82, 2.24) is 9.13 Å². The predicted octanol–water partition coefficient (Wildman–Crippen LogP) is 9.97. The maximum Gasteiger partial charge on any atom is 0.0838 e. The minimum Gasteiger partial charge on any atom is -0.332 e. The Balaban J connectivity index is 1.52. The highest BCUT2D eigenvalue weighted by Crippen LogP contribution is 2.57. The maximum atomic E-state index is 6.14. The van der Waals surface area contributed by atoms with Crippen LogP contribution in [0.2, 0.25) is 0 Å². The summed E-state index contributed by atoms with van der Waals surface area (Å²) >= 11 is 3.64. The van der Waals surface area contributed by atoms with Crippen LogP contribution < -0.4 is 0 Å². The van der Waals surface area contributed by atoms with Crippen molar-refractivity contribution >= 4 is 64.7 Å². The Hall–Kier alpha value is -5.00. The monoisotopic (exact) mass is 598 g/mol. The van der Waals surface area contributed by atoms with Crippen LogP contribution in [0.15, 0.2) is 108 Å². The van der Waals surface area contributed by atoms with Gasteiger partial charge >= 0.3 is 0 Å². The van der Waals surface area contributed by atoms with Gasteiger partial charge in [0, 0.05) is 42.6 Å². The third kappa shape index (κ3) is 3.39. The van der Waals surface area contributed by atoms with E-state index in [4.69, 9.17) is 12.8 Å². The van der Waals surface area contributed by atoms with E-state index in [1.165, 1.54) is 75.6 Å². The molecule has 0 N–H and O–H groups in total. The summed E-state index contributed by atoms with van der Waals surface area (Å²) in [5.41, 5.74) is 10.3. The second-order valence-corrected chi connectivity index (χ2v) is 13.3. The Morgan fingerprint density at radius 3 is 1.34 bits per heavy atom. The van der Waals surface area contributed by atoms with E-state index in [1.54, 1.807) is 0 Å². The molecule has 0 saturated heterocycles. The quantitative estimate of drug-likeness (QED) is 0.178. The molecule has 0 spiro atoms. The summed E-state index contributed by atoms with van der Waals surface area (Å²) in [6.45, 7) is 1.01. The van der Waals surface area contributed by atoms with Gasteiger partial charge in [-0.1, -0.05) is 84.6 Å². The third-order valence-corrected chi connectivity index (χ3v) is 11.3. The van der Waals surface area contributed by atoms with E-state index >= 15 is 0 Å². The Morgan fingerprint density at radius 1 is 0.523 bits per heavy atom. The van der Waals surface area contributed by atoms with Crippen molar-refractivity contribution in [1.29, 1.82) is 0 Å². The zero-order valence-corrected chi connectivity index (χ0v) is 25.5. The lowest BCUT2D eigenvalue weighted by atomic mass is 9.72. The van der Waals surface area contributed by atoms with Crippen molar-refractivity contribution in [3.8, 4) is 24.7 Å². The number of fused-ring (bicyclic) bond motifs is 8. The van der Waals surface area contributed by atoms with Crippen LogP contribution in [0.25, 0.3) is 42.0 Å². The molecule has 44 heavy (non-hydrogen) atoms. The second kappa shape index (κ2) is 9.76. The molecule has 2 atom stereocenters. The van der Waals surface area contributed by atoms with Crippen LogP contribution in [0.3, 0.4) is 0 Å². The number of hydrogen-bond donors (Lipinski definition) is 0. The standard InChI is InChI=1S/C40H26N2S2/c1-3-21-41-31-17-9-5-15-27(31)35-38(30-24-44-34-20-12-8-14-26(30)34)40-36(28-16-6-10-18-32(28)42(40)22-4-2)37(39(35)41)29-23-43-33-19-11-7-13-25(29)33/h1-2,5-20,23-24,37-38H,21-22H2. The lowest BCUT2D eigenvalue weighted by Crippen LogP contribution is -2.23. The van der Waals surface area contributed by atoms with Gasteiger partial charge < -0.3 is 9.13 Å². The molecule has 2 nitrogen and oxygen atoms in total. The summed E-state index contributed by atoms with van der Waals surface area (Å²) < 4.78 is 7.42. The van der Waals surface area contributed by atoms with Gasteiger partial charge in [-0.05, 0) is 68.1 Å². The highest BCUT2D eigenvalue weighted by atomic mass is 32.1. The summed E-state index contributed by atoms with van der Waals surface area (Å²) in [7, 11) is 0. The largest absolute Gasteiger partial charge is 0.332 e. The number of para-hydroxylation sites is 2. The molecule has 208 valence electrons. The first kappa shape index (κ1) is 25.5. The Labute approximate surface area is 263 Å². The number of hydrogen-bond acceptors (Lipinski definition) is 2. The normalized spacial score (nSPS) is 15.9. The highest BCUT2D eigenvalue weighted by Gasteiger charge is 2.43. The summed E-state index contributed by atoms with van der Waals surface area (Å²) in [5, 5.41) is 9.84. The minimum absolute atomic E-state index is 0.0121. The van der Waals surface area contributed by atoms with Crippen LogP contribution in [0.5, 0.6) is 0 Å². The fraction of sp³-hybridized carbons (Fsp3) is 0.100. The zero-order chi connectivity index (χ0) is 29.4. The van der Waals surface area contributed by atoms with Gasteiger partial charge in [0.25, 0.3) is 0 Å². The van der Waals surface area contributed by atoms with E-state index in [0.29, 0.717) is 13.1 Å². The van der Waals surface area contributed by atoms with Crippen LogP contribution in [0.1, 0.15) is 45.5 Å². The fourth-order valence-electron chi connectivity index (χ4n) is 7.78. The number of thiophene rings is 2. The van der Waals surface area contributed by atoms with Gasteiger partial charge in [-0.2, -0.15) is 0 Å². The van der Waals surface area contributed by atoms with Crippen LogP contribution in [-0.2, 0) is 13.1 Å². The van der Waals surface area contributed by atoms with Crippen LogP contribution in [0, 0.1) is 24.7 Å². The first-order valence-electron chi connectivity index (χ1n) is 14.8. The molecule has 0 fully saturated rings. The number of rotatable bonds is 4. The van der Waals surface area contributed by atoms with Crippen molar-refractivity contribution in [3.63, 3.8) is 0 Å². The van der Waals surface area contributed by atoms with E-state index in [-0.39, 0.29) is 11.8 Å². The molecule has 1 aliphatic rings. The molecule has 0 aliphatic heterocycles. The Morgan fingerprint density at radius 2 is 0.909 bits per heavy atom. The van der Waals surface area contributed by atoms with Crippen molar-refractivity contribution in [2.75, 3.05) is 0 Å². The second-order valence-electron chi connectivity index (χ2n) is 11.5. The first-order chi connectivity index (χ1) is 21.8. The molecule has 4 aromatic carbocycles. The number of benzene rings is 4. The molecule has 8 aromatic rings. The molecule has 9 rings (SSSR count). The van der Waals surface area contributed by atoms with E-state index < -0.39 is 0 Å². The SMILES string of the molecule is C#CCn1c2c(c3ccccc31)C(c1csc3ccccc13)c1c(c3ccccc3n1CC#C)C2c1csc2ccccc12. The third-order valence-electron chi connectivity index (χ3n) is 9.37. The van der Waals surface area contributed by atoms with Crippen molar-refractivity contribution in [3.05, 3.63) is 141 Å². The fourth-order valence-corrected chi connectivity index (χ4v) is 9.75. The van der Waals surface area contributed by atoms with E-state index in [9.17, 15) is 0 Å². The summed E-state index contributed by atoms with van der Waals surface area (Å²) in [4.78, 5) is 0. The Bertz CT molecular complexity index is 2320. The summed E-state index contributed by atoms with van der Waals surface area (Å²) in [6.07, 6.45) is 12.3. The average molecular weight is 599 g/mol. The molecule has 1 aliphatic carbocycles. The number of nitrogens with zero attached hydrogens (tertiary/aromatic N) is 2. The molecular formula is C40H26N2S2. The van der Waals surface area contributed by atoms with Gasteiger partial charge in [-0.3, -0.25) is 0 Å². The van der Waals surface area contributed by atoms with Gasteiger partial charge in [0.15, 0.2) is 0 Å². The number of terminal acetylenes is 2. The van der Waals surface area contributed by atoms with E-state index in [2.05, 4.69) is 129 Å². The van der Waals surface area contributed by atoms with Gasteiger partial charge in [-0.15, -0.1) is 35.5 Å². The predicted molar refractivity (Wildman–Crippen MR) is 187 cm³/mol. The molecule has 0 bridgehead atoms. The molecule has 2 unspecified atom stereocenters. The maximum absolute atomic E-state index is 6.14. The van der Waals surface area contributed by atoms with Crippen LogP contribution in [-0.4, -0.2) is 9.13 Å². The smallest absolute Gasteiger partial charge is 0.0838 e. The first-order valence-corrected chi connectivity index (χ1v) is 16.6. The van der Waals surface area contributed by atoms with E-state index in [1.807, 2.05) is 22.7 Å². The minimum atomic E-state index is -0.0121. The lowest BCUT2D eigenvalue weighted by Gasteiger charge is -2.33. The van der Waals surface area contributed by atoms with Gasteiger partial charge in [0.1, 0.15) is 0 Å². The number of aromatic nitrogens is 2. The van der Waals surface area contributed by atoms with Crippen molar-refractivity contribution in [2.45, 2.75) is 24.9 Å². The molecule has 4 aromatic heterocycles.